The Labute approximate surface area is 91.7 Å². The van der Waals surface area contributed by atoms with Crippen molar-refractivity contribution in [1.29, 1.82) is 0 Å². The standard InChI is InChI=1S/C7H6Br2N2O2/c1-13-7(12)6-5(10)3(8)2-4(9)11-6/h2H,10H2,1H3. The quantitative estimate of drug-likeness (QED) is 0.636. The monoisotopic (exact) mass is 308 g/mol. The number of carbonyl (C=O) groups excluding carboxylic acids is 1. The van der Waals surface area contributed by atoms with Gasteiger partial charge in [0.15, 0.2) is 5.69 Å². The number of ether oxygens (including phenoxy) is 1. The van der Waals surface area contributed by atoms with E-state index in [-0.39, 0.29) is 11.4 Å². The van der Waals surface area contributed by atoms with E-state index >= 15 is 0 Å². The van der Waals surface area contributed by atoms with Crippen LogP contribution in [-0.2, 0) is 4.74 Å². The second kappa shape index (κ2) is 4.06. The highest BCUT2D eigenvalue weighted by Crippen LogP contribution is 2.25. The maximum atomic E-state index is 11.1. The number of methoxy groups -OCH3 is 1. The van der Waals surface area contributed by atoms with E-state index in [2.05, 4.69) is 41.6 Å². The number of aromatic nitrogens is 1. The molecule has 0 saturated heterocycles. The summed E-state index contributed by atoms with van der Waals surface area (Å²) in [4.78, 5) is 15.0. The molecule has 6 heteroatoms. The fourth-order valence-corrected chi connectivity index (χ4v) is 1.87. The fourth-order valence-electron chi connectivity index (χ4n) is 0.747. The molecule has 70 valence electrons. The van der Waals surface area contributed by atoms with Crippen molar-refractivity contribution in [1.82, 2.24) is 4.98 Å². The second-order valence-electron chi connectivity index (χ2n) is 2.18. The highest BCUT2D eigenvalue weighted by Gasteiger charge is 2.15. The Morgan fingerprint density at radius 3 is 2.77 bits per heavy atom. The predicted molar refractivity (Wildman–Crippen MR) is 55.4 cm³/mol. The van der Waals surface area contributed by atoms with E-state index < -0.39 is 5.97 Å². The summed E-state index contributed by atoms with van der Waals surface area (Å²) in [5.41, 5.74) is 5.97. The Morgan fingerprint density at radius 1 is 1.62 bits per heavy atom. The van der Waals surface area contributed by atoms with Gasteiger partial charge in [0, 0.05) is 4.47 Å². The number of rotatable bonds is 1. The number of carbonyl (C=O) groups is 1. The molecular formula is C7H6Br2N2O2. The summed E-state index contributed by atoms with van der Waals surface area (Å²) < 4.78 is 5.63. The number of pyridine rings is 1. The van der Waals surface area contributed by atoms with Gasteiger partial charge < -0.3 is 10.5 Å². The van der Waals surface area contributed by atoms with E-state index in [1.807, 2.05) is 0 Å². The Hall–Kier alpha value is -0.620. The smallest absolute Gasteiger partial charge is 0.358 e. The summed E-state index contributed by atoms with van der Waals surface area (Å²) in [6, 6.07) is 1.65. The first-order valence-corrected chi connectivity index (χ1v) is 4.84. The molecule has 0 aliphatic heterocycles. The molecule has 0 aliphatic rings. The van der Waals surface area contributed by atoms with E-state index in [9.17, 15) is 4.79 Å². The highest BCUT2D eigenvalue weighted by molar-refractivity contribution is 9.11. The summed E-state index contributed by atoms with van der Waals surface area (Å²) >= 11 is 6.33. The fraction of sp³-hybridized carbons (Fsp3) is 0.143. The molecule has 0 saturated carbocycles. The molecule has 0 radical (unpaired) electrons. The Bertz CT molecular complexity index is 355. The van der Waals surface area contributed by atoms with Crippen molar-refractivity contribution >= 4 is 43.5 Å². The van der Waals surface area contributed by atoms with E-state index in [1.165, 1.54) is 7.11 Å². The average Bonchev–Trinajstić information content (AvgIpc) is 2.10. The zero-order chi connectivity index (χ0) is 10.0. The van der Waals surface area contributed by atoms with Crippen LogP contribution in [0.5, 0.6) is 0 Å². The minimum absolute atomic E-state index is 0.101. The van der Waals surface area contributed by atoms with Gasteiger partial charge in [-0.1, -0.05) is 0 Å². The van der Waals surface area contributed by atoms with Gasteiger partial charge in [-0.05, 0) is 37.9 Å². The van der Waals surface area contributed by atoms with E-state index in [0.717, 1.165) is 0 Å². The van der Waals surface area contributed by atoms with E-state index in [0.29, 0.717) is 9.08 Å². The lowest BCUT2D eigenvalue weighted by molar-refractivity contribution is 0.0595. The van der Waals surface area contributed by atoms with Gasteiger partial charge in [-0.2, -0.15) is 0 Å². The van der Waals surface area contributed by atoms with Crippen LogP contribution in [0.3, 0.4) is 0 Å². The maximum Gasteiger partial charge on any atom is 0.358 e. The molecule has 0 bridgehead atoms. The van der Waals surface area contributed by atoms with Crippen LogP contribution in [0.15, 0.2) is 15.1 Å². The van der Waals surface area contributed by atoms with Crippen molar-refractivity contribution in [3.8, 4) is 0 Å². The lowest BCUT2D eigenvalue weighted by atomic mass is 10.3. The van der Waals surface area contributed by atoms with Crippen LogP contribution >= 0.6 is 31.9 Å². The van der Waals surface area contributed by atoms with Crippen LogP contribution in [0.2, 0.25) is 0 Å². The van der Waals surface area contributed by atoms with E-state index in [1.54, 1.807) is 6.07 Å². The Balaban J connectivity index is 3.28. The number of nitrogens with zero attached hydrogens (tertiary/aromatic N) is 1. The molecule has 0 spiro atoms. The van der Waals surface area contributed by atoms with Gasteiger partial charge in [-0.15, -0.1) is 0 Å². The molecule has 0 unspecified atom stereocenters. The topological polar surface area (TPSA) is 65.2 Å². The molecule has 13 heavy (non-hydrogen) atoms. The third kappa shape index (κ3) is 2.19. The predicted octanol–water partition coefficient (Wildman–Crippen LogP) is 1.98. The normalized spacial score (nSPS) is 9.77. The summed E-state index contributed by atoms with van der Waals surface area (Å²) in [6.07, 6.45) is 0. The first kappa shape index (κ1) is 10.5. The lowest BCUT2D eigenvalue weighted by Gasteiger charge is -2.04. The first-order chi connectivity index (χ1) is 6.06. The van der Waals surface area contributed by atoms with Gasteiger partial charge in [-0.3, -0.25) is 0 Å². The van der Waals surface area contributed by atoms with Crippen LogP contribution in [0.25, 0.3) is 0 Å². The SMILES string of the molecule is COC(=O)c1nc(Br)cc(Br)c1N. The zero-order valence-electron chi connectivity index (χ0n) is 6.67. The van der Waals surface area contributed by atoms with Gasteiger partial charge in [0.25, 0.3) is 0 Å². The van der Waals surface area contributed by atoms with Crippen molar-refractivity contribution in [3.63, 3.8) is 0 Å². The molecule has 1 rings (SSSR count). The third-order valence-electron chi connectivity index (χ3n) is 1.36. The molecule has 0 atom stereocenters. The van der Waals surface area contributed by atoms with Crippen molar-refractivity contribution in [3.05, 3.63) is 20.8 Å². The molecule has 0 fully saturated rings. The zero-order valence-corrected chi connectivity index (χ0v) is 9.85. The number of nitrogens with two attached hydrogens (primary N) is 1. The highest BCUT2D eigenvalue weighted by atomic mass is 79.9. The first-order valence-electron chi connectivity index (χ1n) is 3.26. The Morgan fingerprint density at radius 2 is 2.23 bits per heavy atom. The van der Waals surface area contributed by atoms with Gasteiger partial charge >= 0.3 is 5.97 Å². The molecule has 2 N–H and O–H groups in total. The number of anilines is 1. The molecule has 0 aliphatic carbocycles. The molecule has 0 aromatic carbocycles. The average molecular weight is 310 g/mol. The number of hydrogen-bond donors (Lipinski definition) is 1. The van der Waals surface area contributed by atoms with Crippen molar-refractivity contribution in [2.24, 2.45) is 0 Å². The maximum absolute atomic E-state index is 11.1. The van der Waals surface area contributed by atoms with Crippen molar-refractivity contribution in [2.75, 3.05) is 12.8 Å². The molecule has 0 amide bonds. The minimum atomic E-state index is -0.556. The van der Waals surface area contributed by atoms with Gasteiger partial charge in [0.05, 0.1) is 12.8 Å². The van der Waals surface area contributed by atoms with Crippen molar-refractivity contribution < 1.29 is 9.53 Å². The lowest BCUT2D eigenvalue weighted by Crippen LogP contribution is -2.09. The largest absolute Gasteiger partial charge is 0.464 e. The van der Waals surface area contributed by atoms with Crippen molar-refractivity contribution in [2.45, 2.75) is 0 Å². The van der Waals surface area contributed by atoms with Gasteiger partial charge in [0.1, 0.15) is 4.60 Å². The minimum Gasteiger partial charge on any atom is -0.464 e. The summed E-state index contributed by atoms with van der Waals surface area (Å²) in [5, 5.41) is 0. The second-order valence-corrected chi connectivity index (χ2v) is 3.85. The Kier molecular flexibility index (Phi) is 3.27. The number of nitrogen functional groups attached to an aromatic ring is 1. The van der Waals surface area contributed by atoms with Crippen LogP contribution in [0.4, 0.5) is 5.69 Å². The van der Waals surface area contributed by atoms with Crippen LogP contribution in [-0.4, -0.2) is 18.1 Å². The van der Waals surface area contributed by atoms with Crippen LogP contribution < -0.4 is 5.73 Å². The summed E-state index contributed by atoms with van der Waals surface area (Å²) in [5.74, 6) is -0.556. The molecule has 4 nitrogen and oxygen atoms in total. The van der Waals surface area contributed by atoms with Crippen LogP contribution in [0.1, 0.15) is 10.5 Å². The molecule has 1 aromatic heterocycles. The number of halogens is 2. The number of hydrogen-bond acceptors (Lipinski definition) is 4. The summed E-state index contributed by atoms with van der Waals surface area (Å²) in [6.45, 7) is 0. The number of esters is 1. The molecule has 1 heterocycles. The third-order valence-corrected chi connectivity index (χ3v) is 2.42. The van der Waals surface area contributed by atoms with Crippen LogP contribution in [0, 0.1) is 0 Å². The molecular weight excluding hydrogens is 304 g/mol. The van der Waals surface area contributed by atoms with E-state index in [4.69, 9.17) is 5.73 Å². The van der Waals surface area contributed by atoms with Gasteiger partial charge in [0.2, 0.25) is 0 Å². The molecule has 1 aromatic rings. The van der Waals surface area contributed by atoms with Gasteiger partial charge in [-0.25, -0.2) is 9.78 Å². The summed E-state index contributed by atoms with van der Waals surface area (Å²) in [7, 11) is 1.28.